The van der Waals surface area contributed by atoms with Gasteiger partial charge in [0.25, 0.3) is 0 Å². The Labute approximate surface area is 78.8 Å². The van der Waals surface area contributed by atoms with Crippen molar-refractivity contribution < 1.29 is 9.53 Å². The van der Waals surface area contributed by atoms with Gasteiger partial charge in [-0.3, -0.25) is 4.79 Å². The van der Waals surface area contributed by atoms with Gasteiger partial charge in [-0.15, -0.1) is 0 Å². The summed E-state index contributed by atoms with van der Waals surface area (Å²) in [6.07, 6.45) is 2.95. The lowest BCUT2D eigenvalue weighted by Crippen LogP contribution is -2.49. The van der Waals surface area contributed by atoms with Gasteiger partial charge in [-0.1, -0.05) is 6.92 Å². The SMILES string of the molecule is CCCNC(C(N)=O)C1CCCO1. The van der Waals surface area contributed by atoms with Crippen LogP contribution in [0.2, 0.25) is 0 Å². The molecule has 1 aliphatic rings. The molecule has 0 aliphatic carbocycles. The van der Waals surface area contributed by atoms with Crippen molar-refractivity contribution in [3.8, 4) is 0 Å². The summed E-state index contributed by atoms with van der Waals surface area (Å²) in [6, 6.07) is -0.303. The summed E-state index contributed by atoms with van der Waals surface area (Å²) in [4.78, 5) is 11.1. The van der Waals surface area contributed by atoms with Crippen molar-refractivity contribution in [2.45, 2.75) is 38.3 Å². The van der Waals surface area contributed by atoms with Crippen molar-refractivity contribution in [2.24, 2.45) is 5.73 Å². The van der Waals surface area contributed by atoms with Crippen LogP contribution >= 0.6 is 0 Å². The maximum atomic E-state index is 11.1. The van der Waals surface area contributed by atoms with Crippen LogP contribution in [-0.2, 0) is 9.53 Å². The fourth-order valence-electron chi connectivity index (χ4n) is 1.58. The summed E-state index contributed by atoms with van der Waals surface area (Å²) in [6.45, 7) is 3.62. The monoisotopic (exact) mass is 186 g/mol. The molecule has 1 saturated heterocycles. The minimum absolute atomic E-state index is 0.0101. The Balaban J connectivity index is 2.40. The fourth-order valence-corrected chi connectivity index (χ4v) is 1.58. The van der Waals surface area contributed by atoms with E-state index in [1.807, 2.05) is 0 Å². The molecule has 3 N–H and O–H groups in total. The lowest BCUT2D eigenvalue weighted by molar-refractivity contribution is -0.123. The van der Waals surface area contributed by atoms with Gasteiger partial charge in [-0.25, -0.2) is 0 Å². The molecule has 76 valence electrons. The van der Waals surface area contributed by atoms with Gasteiger partial charge in [0.05, 0.1) is 6.10 Å². The second kappa shape index (κ2) is 5.19. The summed E-state index contributed by atoms with van der Waals surface area (Å²) in [5, 5.41) is 3.11. The summed E-state index contributed by atoms with van der Waals surface area (Å²) in [5.74, 6) is -0.305. The number of amides is 1. The number of ether oxygens (including phenoxy) is 1. The predicted octanol–water partition coefficient (Wildman–Crippen LogP) is 0.0189. The summed E-state index contributed by atoms with van der Waals surface area (Å²) < 4.78 is 5.41. The van der Waals surface area contributed by atoms with Crippen molar-refractivity contribution in [3.63, 3.8) is 0 Å². The Bertz CT molecular complexity index is 167. The summed E-state index contributed by atoms with van der Waals surface area (Å²) in [5.41, 5.74) is 5.28. The maximum Gasteiger partial charge on any atom is 0.237 e. The zero-order valence-corrected chi connectivity index (χ0v) is 8.08. The first-order valence-electron chi connectivity index (χ1n) is 4.90. The lowest BCUT2D eigenvalue weighted by Gasteiger charge is -2.20. The average molecular weight is 186 g/mol. The van der Waals surface area contributed by atoms with Gasteiger partial charge in [-0.05, 0) is 25.8 Å². The topological polar surface area (TPSA) is 64.3 Å². The molecule has 4 heteroatoms. The molecule has 0 bridgehead atoms. The normalized spacial score (nSPS) is 24.5. The Morgan fingerprint density at radius 3 is 3.00 bits per heavy atom. The minimum Gasteiger partial charge on any atom is -0.376 e. The standard InChI is InChI=1S/C9H18N2O2/c1-2-5-11-8(9(10)12)7-4-3-6-13-7/h7-8,11H,2-6H2,1H3,(H2,10,12). The number of nitrogens with one attached hydrogen (secondary N) is 1. The van der Waals surface area contributed by atoms with E-state index in [0.717, 1.165) is 32.4 Å². The Morgan fingerprint density at radius 2 is 2.54 bits per heavy atom. The third-order valence-corrected chi connectivity index (χ3v) is 2.26. The number of hydrogen-bond donors (Lipinski definition) is 2. The molecule has 1 rings (SSSR count). The van der Waals surface area contributed by atoms with Crippen LogP contribution in [0.4, 0.5) is 0 Å². The molecule has 13 heavy (non-hydrogen) atoms. The number of nitrogens with two attached hydrogens (primary N) is 1. The van der Waals surface area contributed by atoms with Gasteiger partial charge in [0, 0.05) is 6.61 Å². The van der Waals surface area contributed by atoms with Crippen LogP contribution in [0.25, 0.3) is 0 Å². The van der Waals surface area contributed by atoms with Gasteiger partial charge in [0.15, 0.2) is 0 Å². The average Bonchev–Trinajstić information content (AvgIpc) is 2.57. The largest absolute Gasteiger partial charge is 0.376 e. The van der Waals surface area contributed by atoms with Crippen LogP contribution in [-0.4, -0.2) is 31.2 Å². The number of carbonyl (C=O) groups is 1. The molecule has 1 amide bonds. The molecular formula is C9H18N2O2. The zero-order valence-electron chi connectivity index (χ0n) is 8.08. The van der Waals surface area contributed by atoms with E-state index < -0.39 is 0 Å². The highest BCUT2D eigenvalue weighted by atomic mass is 16.5. The predicted molar refractivity (Wildman–Crippen MR) is 50.3 cm³/mol. The molecule has 2 unspecified atom stereocenters. The van der Waals surface area contributed by atoms with E-state index in [1.54, 1.807) is 0 Å². The van der Waals surface area contributed by atoms with Crippen molar-refractivity contribution >= 4 is 5.91 Å². The van der Waals surface area contributed by atoms with Crippen LogP contribution in [0, 0.1) is 0 Å². The Hall–Kier alpha value is -0.610. The molecule has 0 aromatic rings. The van der Waals surface area contributed by atoms with Gasteiger partial charge in [-0.2, -0.15) is 0 Å². The minimum atomic E-state index is -0.305. The Kier molecular flexibility index (Phi) is 4.18. The molecule has 2 atom stereocenters. The summed E-state index contributed by atoms with van der Waals surface area (Å²) >= 11 is 0. The van der Waals surface area contributed by atoms with Crippen LogP contribution in [0.1, 0.15) is 26.2 Å². The van der Waals surface area contributed by atoms with E-state index >= 15 is 0 Å². The number of rotatable bonds is 5. The van der Waals surface area contributed by atoms with E-state index in [4.69, 9.17) is 10.5 Å². The quantitative estimate of drug-likeness (QED) is 0.636. The highest BCUT2D eigenvalue weighted by Gasteiger charge is 2.29. The first kappa shape index (κ1) is 10.5. The number of primary amides is 1. The molecule has 1 aliphatic heterocycles. The second-order valence-corrected chi connectivity index (χ2v) is 3.39. The first-order valence-corrected chi connectivity index (χ1v) is 4.90. The smallest absolute Gasteiger partial charge is 0.237 e. The van der Waals surface area contributed by atoms with Crippen LogP contribution in [0.3, 0.4) is 0 Å². The first-order chi connectivity index (χ1) is 6.25. The third-order valence-electron chi connectivity index (χ3n) is 2.26. The highest BCUT2D eigenvalue weighted by Crippen LogP contribution is 2.15. The van der Waals surface area contributed by atoms with E-state index in [-0.39, 0.29) is 18.1 Å². The van der Waals surface area contributed by atoms with Crippen LogP contribution in [0.5, 0.6) is 0 Å². The molecule has 0 spiro atoms. The Morgan fingerprint density at radius 1 is 1.77 bits per heavy atom. The zero-order chi connectivity index (χ0) is 9.68. The van der Waals surface area contributed by atoms with E-state index in [2.05, 4.69) is 12.2 Å². The molecule has 0 saturated carbocycles. The molecule has 1 fully saturated rings. The molecular weight excluding hydrogens is 168 g/mol. The number of hydrogen-bond acceptors (Lipinski definition) is 3. The van der Waals surface area contributed by atoms with Crippen molar-refractivity contribution in [3.05, 3.63) is 0 Å². The van der Waals surface area contributed by atoms with Crippen molar-refractivity contribution in [1.29, 1.82) is 0 Å². The van der Waals surface area contributed by atoms with E-state index in [9.17, 15) is 4.79 Å². The van der Waals surface area contributed by atoms with Crippen LogP contribution < -0.4 is 11.1 Å². The van der Waals surface area contributed by atoms with Crippen molar-refractivity contribution in [1.82, 2.24) is 5.32 Å². The summed E-state index contributed by atoms with van der Waals surface area (Å²) in [7, 11) is 0. The van der Waals surface area contributed by atoms with Gasteiger partial charge in [0.1, 0.15) is 6.04 Å². The fraction of sp³-hybridized carbons (Fsp3) is 0.889. The molecule has 4 nitrogen and oxygen atoms in total. The van der Waals surface area contributed by atoms with Gasteiger partial charge in [0.2, 0.25) is 5.91 Å². The lowest BCUT2D eigenvalue weighted by atomic mass is 10.1. The molecule has 0 aromatic heterocycles. The van der Waals surface area contributed by atoms with Crippen molar-refractivity contribution in [2.75, 3.05) is 13.2 Å². The maximum absolute atomic E-state index is 11.1. The number of carbonyl (C=O) groups excluding carboxylic acids is 1. The van der Waals surface area contributed by atoms with E-state index in [1.165, 1.54) is 0 Å². The molecule has 0 radical (unpaired) electrons. The van der Waals surface area contributed by atoms with Gasteiger partial charge >= 0.3 is 0 Å². The molecule has 1 heterocycles. The van der Waals surface area contributed by atoms with Gasteiger partial charge < -0.3 is 15.8 Å². The van der Waals surface area contributed by atoms with Crippen LogP contribution in [0.15, 0.2) is 0 Å². The highest BCUT2D eigenvalue weighted by molar-refractivity contribution is 5.80. The molecule has 0 aromatic carbocycles. The second-order valence-electron chi connectivity index (χ2n) is 3.39. The third kappa shape index (κ3) is 2.97. The van der Waals surface area contributed by atoms with E-state index in [0.29, 0.717) is 0 Å².